The van der Waals surface area contributed by atoms with E-state index < -0.39 is 0 Å². The molecule has 2 aromatic carbocycles. The average molecular weight is 258 g/mol. The number of hydrogen-bond acceptors (Lipinski definition) is 2. The van der Waals surface area contributed by atoms with Crippen LogP contribution in [0, 0.1) is 5.92 Å². The van der Waals surface area contributed by atoms with Crippen molar-refractivity contribution in [1.82, 2.24) is 0 Å². The van der Waals surface area contributed by atoms with Crippen molar-refractivity contribution >= 4 is 10.8 Å². The molecule has 102 valence electrons. The highest BCUT2D eigenvalue weighted by atomic mass is 16.5. The van der Waals surface area contributed by atoms with Gasteiger partial charge in [0.25, 0.3) is 0 Å². The van der Waals surface area contributed by atoms with Gasteiger partial charge in [0.1, 0.15) is 12.4 Å². The molecule has 0 aliphatic carbocycles. The predicted molar refractivity (Wildman–Crippen MR) is 79.7 cm³/mol. The van der Waals surface area contributed by atoms with E-state index in [1.54, 1.807) is 0 Å². The van der Waals surface area contributed by atoms with Gasteiger partial charge in [-0.15, -0.1) is 0 Å². The molecule has 0 aliphatic heterocycles. The molecule has 0 saturated heterocycles. The summed E-state index contributed by atoms with van der Waals surface area (Å²) in [6.07, 6.45) is 1.11. The second-order valence-electron chi connectivity index (χ2n) is 5.15. The molecule has 0 fully saturated rings. The van der Waals surface area contributed by atoms with Crippen LogP contribution in [-0.2, 0) is 4.74 Å². The third kappa shape index (κ3) is 4.56. The summed E-state index contributed by atoms with van der Waals surface area (Å²) in [6.45, 7) is 6.48. The second kappa shape index (κ2) is 7.15. The molecule has 0 N–H and O–H groups in total. The topological polar surface area (TPSA) is 18.5 Å². The fourth-order valence-corrected chi connectivity index (χ4v) is 1.90. The van der Waals surface area contributed by atoms with Gasteiger partial charge in [-0.1, -0.05) is 44.2 Å². The van der Waals surface area contributed by atoms with Crippen molar-refractivity contribution in [2.45, 2.75) is 20.3 Å². The number of ether oxygens (including phenoxy) is 2. The molecule has 2 heteroatoms. The lowest BCUT2D eigenvalue weighted by molar-refractivity contribution is 0.0926. The molecule has 0 aromatic heterocycles. The smallest absolute Gasteiger partial charge is 0.120 e. The van der Waals surface area contributed by atoms with Crippen LogP contribution in [0.3, 0.4) is 0 Å². The average Bonchev–Trinajstić information content (AvgIpc) is 2.42. The van der Waals surface area contributed by atoms with E-state index in [9.17, 15) is 0 Å². The molecule has 0 radical (unpaired) electrons. The molecule has 0 heterocycles. The normalized spacial score (nSPS) is 11.1. The lowest BCUT2D eigenvalue weighted by atomic mass is 10.1. The van der Waals surface area contributed by atoms with Crippen LogP contribution >= 0.6 is 0 Å². The molecule has 2 aromatic rings. The molecule has 0 atom stereocenters. The summed E-state index contributed by atoms with van der Waals surface area (Å²) >= 11 is 0. The number of hydrogen-bond donors (Lipinski definition) is 0. The molecular formula is C17H22O2. The van der Waals surface area contributed by atoms with E-state index in [0.29, 0.717) is 19.1 Å². The molecule has 2 nitrogen and oxygen atoms in total. The summed E-state index contributed by atoms with van der Waals surface area (Å²) in [5.41, 5.74) is 0. The van der Waals surface area contributed by atoms with Gasteiger partial charge in [0.2, 0.25) is 0 Å². The summed E-state index contributed by atoms with van der Waals surface area (Å²) in [4.78, 5) is 0. The van der Waals surface area contributed by atoms with Crippen LogP contribution in [0.4, 0.5) is 0 Å². The minimum absolute atomic E-state index is 0.608. The third-order valence-corrected chi connectivity index (χ3v) is 3.06. The van der Waals surface area contributed by atoms with Gasteiger partial charge >= 0.3 is 0 Å². The molecule has 0 amide bonds. The van der Waals surface area contributed by atoms with Gasteiger partial charge in [-0.05, 0) is 35.2 Å². The van der Waals surface area contributed by atoms with Gasteiger partial charge in [0.05, 0.1) is 6.61 Å². The summed E-state index contributed by atoms with van der Waals surface area (Å²) in [5, 5.41) is 2.45. The maximum absolute atomic E-state index is 5.70. The Bertz CT molecular complexity index is 505. The Morgan fingerprint density at radius 3 is 2.47 bits per heavy atom. The van der Waals surface area contributed by atoms with E-state index in [1.807, 2.05) is 18.2 Å². The Kier molecular flexibility index (Phi) is 5.22. The maximum Gasteiger partial charge on any atom is 0.120 e. The van der Waals surface area contributed by atoms with Crippen molar-refractivity contribution in [2.75, 3.05) is 19.8 Å². The molecule has 19 heavy (non-hydrogen) atoms. The van der Waals surface area contributed by atoms with Crippen LogP contribution in [0.2, 0.25) is 0 Å². The van der Waals surface area contributed by atoms with Crippen LogP contribution in [0.1, 0.15) is 20.3 Å². The van der Waals surface area contributed by atoms with Crippen LogP contribution in [0.5, 0.6) is 5.75 Å². The SMILES string of the molecule is CC(C)CCOCCOc1ccc2ccccc2c1. The molecule has 0 saturated carbocycles. The van der Waals surface area contributed by atoms with Crippen molar-refractivity contribution in [2.24, 2.45) is 5.92 Å². The highest BCUT2D eigenvalue weighted by molar-refractivity contribution is 5.83. The first-order valence-electron chi connectivity index (χ1n) is 6.95. The zero-order valence-electron chi connectivity index (χ0n) is 11.8. The third-order valence-electron chi connectivity index (χ3n) is 3.06. The Hall–Kier alpha value is -1.54. The molecule has 0 unspecified atom stereocenters. The lowest BCUT2D eigenvalue weighted by Gasteiger charge is -2.09. The van der Waals surface area contributed by atoms with Crippen molar-refractivity contribution < 1.29 is 9.47 Å². The highest BCUT2D eigenvalue weighted by Crippen LogP contribution is 2.20. The summed E-state index contributed by atoms with van der Waals surface area (Å²) < 4.78 is 11.2. The van der Waals surface area contributed by atoms with Crippen molar-refractivity contribution in [3.8, 4) is 5.75 Å². The molecule has 0 aliphatic rings. The van der Waals surface area contributed by atoms with E-state index in [2.05, 4.69) is 38.1 Å². The molecule has 0 bridgehead atoms. The number of fused-ring (bicyclic) bond motifs is 1. The first-order valence-corrected chi connectivity index (χ1v) is 6.95. The van der Waals surface area contributed by atoms with E-state index in [0.717, 1.165) is 18.8 Å². The van der Waals surface area contributed by atoms with Crippen LogP contribution < -0.4 is 4.74 Å². The minimum Gasteiger partial charge on any atom is -0.491 e. The predicted octanol–water partition coefficient (Wildman–Crippen LogP) is 4.28. The monoisotopic (exact) mass is 258 g/mol. The minimum atomic E-state index is 0.608. The van der Waals surface area contributed by atoms with Gasteiger partial charge in [-0.3, -0.25) is 0 Å². The molecule has 0 spiro atoms. The highest BCUT2D eigenvalue weighted by Gasteiger charge is 1.98. The van der Waals surface area contributed by atoms with E-state index in [4.69, 9.17) is 9.47 Å². The fraction of sp³-hybridized carbons (Fsp3) is 0.412. The quantitative estimate of drug-likeness (QED) is 0.690. The first kappa shape index (κ1) is 13.9. The molecular weight excluding hydrogens is 236 g/mol. The first-order chi connectivity index (χ1) is 9.25. The second-order valence-corrected chi connectivity index (χ2v) is 5.15. The number of benzene rings is 2. The van der Waals surface area contributed by atoms with Gasteiger partial charge in [-0.2, -0.15) is 0 Å². The van der Waals surface area contributed by atoms with E-state index in [-0.39, 0.29) is 0 Å². The maximum atomic E-state index is 5.70. The zero-order valence-corrected chi connectivity index (χ0v) is 11.8. The Labute approximate surface area is 115 Å². The number of rotatable bonds is 7. The van der Waals surface area contributed by atoms with Crippen LogP contribution in [-0.4, -0.2) is 19.8 Å². The van der Waals surface area contributed by atoms with Gasteiger partial charge in [-0.25, -0.2) is 0 Å². The van der Waals surface area contributed by atoms with E-state index in [1.165, 1.54) is 10.8 Å². The van der Waals surface area contributed by atoms with Crippen molar-refractivity contribution in [3.63, 3.8) is 0 Å². The lowest BCUT2D eigenvalue weighted by Crippen LogP contribution is -2.08. The Morgan fingerprint density at radius 2 is 1.68 bits per heavy atom. The van der Waals surface area contributed by atoms with Crippen LogP contribution in [0.25, 0.3) is 10.8 Å². The fourth-order valence-electron chi connectivity index (χ4n) is 1.90. The van der Waals surface area contributed by atoms with E-state index >= 15 is 0 Å². The Balaban J connectivity index is 1.75. The van der Waals surface area contributed by atoms with Crippen molar-refractivity contribution in [3.05, 3.63) is 42.5 Å². The van der Waals surface area contributed by atoms with Gasteiger partial charge in [0.15, 0.2) is 0 Å². The summed E-state index contributed by atoms with van der Waals surface area (Å²) in [6, 6.07) is 14.5. The Morgan fingerprint density at radius 1 is 0.895 bits per heavy atom. The van der Waals surface area contributed by atoms with Crippen LogP contribution in [0.15, 0.2) is 42.5 Å². The zero-order chi connectivity index (χ0) is 13.5. The standard InChI is InChI=1S/C17H22O2/c1-14(2)9-10-18-11-12-19-17-8-7-15-5-3-4-6-16(15)13-17/h3-8,13-14H,9-12H2,1-2H3. The van der Waals surface area contributed by atoms with Gasteiger partial charge in [0, 0.05) is 6.61 Å². The summed E-state index contributed by atoms with van der Waals surface area (Å²) in [7, 11) is 0. The van der Waals surface area contributed by atoms with Crippen molar-refractivity contribution in [1.29, 1.82) is 0 Å². The summed E-state index contributed by atoms with van der Waals surface area (Å²) in [5.74, 6) is 1.60. The largest absolute Gasteiger partial charge is 0.491 e. The van der Waals surface area contributed by atoms with Gasteiger partial charge < -0.3 is 9.47 Å². The molecule has 2 rings (SSSR count).